The fraction of sp³-hybridized carbons (Fsp3) is 0.125. The summed E-state index contributed by atoms with van der Waals surface area (Å²) in [4.78, 5) is 24.8. The summed E-state index contributed by atoms with van der Waals surface area (Å²) in [5.41, 5.74) is 3.26. The highest BCUT2D eigenvalue weighted by Gasteiger charge is 2.15. The molecule has 1 N–H and O–H groups in total. The Bertz CT molecular complexity index is 1170. The minimum absolute atomic E-state index is 0.278. The largest absolute Gasteiger partial charge is 0.497 e. The number of hydrogen-bond acceptors (Lipinski definition) is 6. The number of amides is 1. The third-order valence-electron chi connectivity index (χ3n) is 4.36. The van der Waals surface area contributed by atoms with Gasteiger partial charge in [-0.2, -0.15) is 5.10 Å². The van der Waals surface area contributed by atoms with Gasteiger partial charge < -0.3 is 14.2 Å². The number of ether oxygens (including phenoxy) is 3. The van der Waals surface area contributed by atoms with Crippen LogP contribution in [0.1, 0.15) is 22.8 Å². The Balaban J connectivity index is 1.65. The molecule has 0 unspecified atom stereocenters. The van der Waals surface area contributed by atoms with Crippen molar-refractivity contribution in [3.8, 4) is 17.2 Å². The van der Waals surface area contributed by atoms with Gasteiger partial charge in [0.05, 0.1) is 18.9 Å². The smallest absolute Gasteiger partial charge is 0.343 e. The summed E-state index contributed by atoms with van der Waals surface area (Å²) in [5.74, 6) is 0.377. The van der Waals surface area contributed by atoms with Gasteiger partial charge in [0, 0.05) is 15.1 Å². The molecule has 0 fully saturated rings. The van der Waals surface area contributed by atoms with E-state index in [-0.39, 0.29) is 5.75 Å². The molecule has 0 aliphatic heterocycles. The number of halogens is 2. The van der Waals surface area contributed by atoms with Crippen molar-refractivity contribution < 1.29 is 23.8 Å². The van der Waals surface area contributed by atoms with Gasteiger partial charge in [0.25, 0.3) is 5.91 Å². The molecule has 1 atom stereocenters. The van der Waals surface area contributed by atoms with Crippen LogP contribution in [0.5, 0.6) is 17.2 Å². The summed E-state index contributed by atoms with van der Waals surface area (Å²) in [5, 5.41) is 4.47. The summed E-state index contributed by atoms with van der Waals surface area (Å²) in [6, 6.07) is 18.4. The first kappa shape index (κ1) is 24.3. The van der Waals surface area contributed by atoms with Crippen molar-refractivity contribution in [1.82, 2.24) is 5.43 Å². The molecular formula is C24H20BrClN2O5. The van der Waals surface area contributed by atoms with E-state index in [9.17, 15) is 9.59 Å². The van der Waals surface area contributed by atoms with Gasteiger partial charge in [-0.05, 0) is 67.6 Å². The maximum absolute atomic E-state index is 12.5. The van der Waals surface area contributed by atoms with Crippen LogP contribution in [0.3, 0.4) is 0 Å². The molecule has 0 saturated heterocycles. The van der Waals surface area contributed by atoms with Crippen LogP contribution >= 0.6 is 27.5 Å². The van der Waals surface area contributed by atoms with Crippen LogP contribution in [0.15, 0.2) is 76.3 Å². The van der Waals surface area contributed by atoms with Crippen molar-refractivity contribution in [2.75, 3.05) is 7.11 Å². The van der Waals surface area contributed by atoms with Gasteiger partial charge in [0.1, 0.15) is 17.2 Å². The molecule has 0 radical (unpaired) electrons. The monoisotopic (exact) mass is 530 g/mol. The third kappa shape index (κ3) is 7.06. The molecule has 7 nitrogen and oxygen atoms in total. The second-order valence-corrected chi connectivity index (χ2v) is 8.10. The third-order valence-corrected chi connectivity index (χ3v) is 5.09. The van der Waals surface area contributed by atoms with Gasteiger partial charge in [-0.15, -0.1) is 0 Å². The minimum atomic E-state index is -0.810. The van der Waals surface area contributed by atoms with Crippen molar-refractivity contribution in [3.63, 3.8) is 0 Å². The average Bonchev–Trinajstić information content (AvgIpc) is 2.80. The first-order valence-electron chi connectivity index (χ1n) is 9.76. The molecule has 0 aliphatic rings. The van der Waals surface area contributed by atoms with Crippen LogP contribution in [-0.2, 0) is 4.79 Å². The summed E-state index contributed by atoms with van der Waals surface area (Å²) in [6.45, 7) is 1.59. The Morgan fingerprint density at radius 3 is 2.52 bits per heavy atom. The van der Waals surface area contributed by atoms with Gasteiger partial charge in [0.15, 0.2) is 6.10 Å². The van der Waals surface area contributed by atoms with Gasteiger partial charge in [-0.1, -0.05) is 33.6 Å². The van der Waals surface area contributed by atoms with E-state index in [1.807, 2.05) is 0 Å². The lowest BCUT2D eigenvalue weighted by molar-refractivity contribution is -0.127. The number of carbonyl (C=O) groups excluding carboxylic acids is 2. The predicted octanol–water partition coefficient (Wildman–Crippen LogP) is 5.25. The fourth-order valence-electron chi connectivity index (χ4n) is 2.65. The van der Waals surface area contributed by atoms with Crippen LogP contribution < -0.4 is 19.6 Å². The van der Waals surface area contributed by atoms with E-state index in [0.29, 0.717) is 27.6 Å². The van der Waals surface area contributed by atoms with Crippen LogP contribution in [0.25, 0.3) is 0 Å². The molecule has 3 aromatic rings. The number of hydrazone groups is 1. The Morgan fingerprint density at radius 1 is 1.06 bits per heavy atom. The normalized spacial score (nSPS) is 11.6. The fourth-order valence-corrected chi connectivity index (χ4v) is 3.21. The second-order valence-electron chi connectivity index (χ2n) is 6.75. The van der Waals surface area contributed by atoms with E-state index in [1.165, 1.54) is 6.21 Å². The Labute approximate surface area is 204 Å². The van der Waals surface area contributed by atoms with Gasteiger partial charge in [-0.3, -0.25) is 4.79 Å². The van der Waals surface area contributed by atoms with Crippen molar-refractivity contribution in [1.29, 1.82) is 0 Å². The molecular weight excluding hydrogens is 512 g/mol. The van der Waals surface area contributed by atoms with Crippen molar-refractivity contribution >= 4 is 45.6 Å². The van der Waals surface area contributed by atoms with Crippen LogP contribution in [-0.4, -0.2) is 31.3 Å². The highest BCUT2D eigenvalue weighted by atomic mass is 79.9. The lowest BCUT2D eigenvalue weighted by Crippen LogP contribution is -2.33. The number of nitrogens with zero attached hydrogens (tertiary/aromatic N) is 1. The minimum Gasteiger partial charge on any atom is -0.497 e. The van der Waals surface area contributed by atoms with E-state index in [2.05, 4.69) is 26.5 Å². The molecule has 3 aromatic carbocycles. The maximum atomic E-state index is 12.5. The molecule has 9 heteroatoms. The zero-order valence-electron chi connectivity index (χ0n) is 17.7. The van der Waals surface area contributed by atoms with E-state index in [4.69, 9.17) is 25.8 Å². The Morgan fingerprint density at radius 2 is 1.82 bits per heavy atom. The summed E-state index contributed by atoms with van der Waals surface area (Å²) in [6.07, 6.45) is 0.571. The topological polar surface area (TPSA) is 86.2 Å². The standard InChI is InChI=1S/C24H20BrClN2O5/c1-15(32-21-5-3-4-19(26)13-21)23(29)28-27-14-17-12-18(25)8-11-22(17)33-24(30)16-6-9-20(31-2)10-7-16/h3-15H,1-2H3,(H,28,29)/b27-14-/t15-/m0/s1. The highest BCUT2D eigenvalue weighted by molar-refractivity contribution is 9.10. The number of nitrogens with one attached hydrogen (secondary N) is 1. The molecule has 0 bridgehead atoms. The molecule has 0 saturated carbocycles. The summed E-state index contributed by atoms with van der Waals surface area (Å²) < 4.78 is 16.9. The highest BCUT2D eigenvalue weighted by Crippen LogP contribution is 2.23. The van der Waals surface area contributed by atoms with Gasteiger partial charge in [-0.25, -0.2) is 10.2 Å². The van der Waals surface area contributed by atoms with Crippen LogP contribution in [0.4, 0.5) is 0 Å². The van der Waals surface area contributed by atoms with Gasteiger partial charge >= 0.3 is 5.97 Å². The number of esters is 1. The molecule has 3 rings (SSSR count). The first-order valence-corrected chi connectivity index (χ1v) is 10.9. The van der Waals surface area contributed by atoms with Gasteiger partial charge in [0.2, 0.25) is 0 Å². The van der Waals surface area contributed by atoms with Crippen molar-refractivity contribution in [3.05, 3.63) is 87.4 Å². The summed E-state index contributed by atoms with van der Waals surface area (Å²) >= 11 is 9.30. The average molecular weight is 532 g/mol. The molecule has 170 valence electrons. The Hall–Kier alpha value is -3.36. The Kier molecular flexibility index (Phi) is 8.46. The molecule has 0 aromatic heterocycles. The van der Waals surface area contributed by atoms with Crippen molar-refractivity contribution in [2.45, 2.75) is 13.0 Å². The van der Waals surface area contributed by atoms with Crippen LogP contribution in [0.2, 0.25) is 5.02 Å². The zero-order chi connectivity index (χ0) is 23.8. The molecule has 33 heavy (non-hydrogen) atoms. The predicted molar refractivity (Wildman–Crippen MR) is 129 cm³/mol. The maximum Gasteiger partial charge on any atom is 0.343 e. The quantitative estimate of drug-likeness (QED) is 0.186. The summed E-state index contributed by atoms with van der Waals surface area (Å²) in [7, 11) is 1.55. The lowest BCUT2D eigenvalue weighted by atomic mass is 10.2. The number of methoxy groups -OCH3 is 1. The van der Waals surface area contributed by atoms with E-state index in [0.717, 1.165) is 4.47 Å². The SMILES string of the molecule is COc1ccc(C(=O)Oc2ccc(Br)cc2/C=N\NC(=O)[C@H](C)Oc2cccc(Cl)c2)cc1. The van der Waals surface area contributed by atoms with E-state index < -0.39 is 18.0 Å². The number of benzene rings is 3. The second kappa shape index (κ2) is 11.5. The lowest BCUT2D eigenvalue weighted by Gasteiger charge is -2.13. The molecule has 0 spiro atoms. The van der Waals surface area contributed by atoms with E-state index in [1.54, 1.807) is 80.8 Å². The number of hydrogen-bond donors (Lipinski definition) is 1. The molecule has 0 aliphatic carbocycles. The zero-order valence-corrected chi connectivity index (χ0v) is 20.1. The van der Waals surface area contributed by atoms with E-state index >= 15 is 0 Å². The molecule has 0 heterocycles. The van der Waals surface area contributed by atoms with Crippen LogP contribution in [0, 0.1) is 0 Å². The number of carbonyl (C=O) groups is 2. The van der Waals surface area contributed by atoms with Crippen molar-refractivity contribution in [2.24, 2.45) is 5.10 Å². The number of rotatable bonds is 8. The first-order chi connectivity index (χ1) is 15.9. The molecule has 1 amide bonds.